The Hall–Kier alpha value is -2.72. The molecular weight excluding hydrogens is 326 g/mol. The van der Waals surface area contributed by atoms with E-state index in [0.29, 0.717) is 0 Å². The minimum absolute atomic E-state index is 0.0354. The van der Waals surface area contributed by atoms with E-state index in [9.17, 15) is 0 Å². The Kier molecular flexibility index (Phi) is 7.68. The second kappa shape index (κ2) is 9.28. The molecule has 142 valence electrons. The topological polar surface area (TPSA) is 26.0 Å². The van der Waals surface area contributed by atoms with Gasteiger partial charge in [0.2, 0.25) is 0 Å². The van der Waals surface area contributed by atoms with E-state index in [2.05, 4.69) is 58.9 Å². The fourth-order valence-electron chi connectivity index (χ4n) is 3.51. The van der Waals surface area contributed by atoms with Crippen molar-refractivity contribution in [2.75, 3.05) is 0 Å². The minimum atomic E-state index is -0.0354. The molecule has 1 unspecified atom stereocenters. The smallest absolute Gasteiger partial charge is 0.0385 e. The van der Waals surface area contributed by atoms with Crippen LogP contribution in [0.25, 0.3) is 0 Å². The van der Waals surface area contributed by atoms with Gasteiger partial charge in [-0.2, -0.15) is 0 Å². The molecule has 2 N–H and O–H groups in total. The van der Waals surface area contributed by atoms with E-state index in [-0.39, 0.29) is 5.92 Å². The van der Waals surface area contributed by atoms with Gasteiger partial charge in [-0.3, -0.25) is 0 Å². The third kappa shape index (κ3) is 4.92. The first kappa shape index (κ1) is 22.3. The van der Waals surface area contributed by atoms with Crippen LogP contribution in [0, 0.1) is 19.3 Å². The van der Waals surface area contributed by atoms with Crippen LogP contribution >= 0.6 is 0 Å². The SMILES string of the molecule is C#Cc1ccc(C(C(C(=C)C)=C(C)C)/C(C(=C)C)=C(N)/C(C)=C\C)c(C)c1. The number of hydrogen-bond acceptors (Lipinski definition) is 1. The number of allylic oxidation sites excluding steroid dienone is 7. The van der Waals surface area contributed by atoms with E-state index in [1.807, 2.05) is 32.9 Å². The monoisotopic (exact) mass is 359 g/mol. The molecule has 0 saturated carbocycles. The van der Waals surface area contributed by atoms with Crippen LogP contribution in [0.2, 0.25) is 0 Å². The Morgan fingerprint density at radius 1 is 1.07 bits per heavy atom. The van der Waals surface area contributed by atoms with Gasteiger partial charge >= 0.3 is 0 Å². The first-order valence-corrected chi connectivity index (χ1v) is 9.25. The number of nitrogens with two attached hydrogens (primary N) is 1. The molecule has 0 aliphatic heterocycles. The van der Waals surface area contributed by atoms with Crippen LogP contribution in [-0.2, 0) is 0 Å². The van der Waals surface area contributed by atoms with E-state index in [1.165, 1.54) is 16.7 Å². The number of terminal acetylenes is 1. The maximum Gasteiger partial charge on any atom is 0.0385 e. The lowest BCUT2D eigenvalue weighted by Gasteiger charge is -2.29. The Bertz CT molecular complexity index is 891. The fraction of sp³-hybridized carbons (Fsp3) is 0.308. The number of benzene rings is 1. The normalized spacial score (nSPS) is 13.3. The summed E-state index contributed by atoms with van der Waals surface area (Å²) in [7, 11) is 0. The Morgan fingerprint density at radius 2 is 1.63 bits per heavy atom. The van der Waals surface area contributed by atoms with E-state index >= 15 is 0 Å². The summed E-state index contributed by atoms with van der Waals surface area (Å²) in [4.78, 5) is 0. The molecule has 1 atom stereocenters. The Morgan fingerprint density at radius 3 is 2.00 bits per heavy atom. The van der Waals surface area contributed by atoms with E-state index < -0.39 is 0 Å². The van der Waals surface area contributed by atoms with Gasteiger partial charge in [-0.15, -0.1) is 6.42 Å². The molecule has 0 heterocycles. The van der Waals surface area contributed by atoms with Gasteiger partial charge in [0.1, 0.15) is 0 Å². The highest BCUT2D eigenvalue weighted by molar-refractivity contribution is 5.58. The molecular formula is C26H33N. The molecule has 0 amide bonds. The summed E-state index contributed by atoms with van der Waals surface area (Å²) in [5.74, 6) is 2.68. The molecule has 0 fully saturated rings. The molecule has 0 bridgehead atoms. The van der Waals surface area contributed by atoms with Crippen molar-refractivity contribution < 1.29 is 0 Å². The molecule has 0 saturated heterocycles. The van der Waals surface area contributed by atoms with Crippen molar-refractivity contribution in [2.24, 2.45) is 5.73 Å². The van der Waals surface area contributed by atoms with Crippen LogP contribution in [0.3, 0.4) is 0 Å². The van der Waals surface area contributed by atoms with Crippen LogP contribution in [0.1, 0.15) is 64.2 Å². The van der Waals surface area contributed by atoms with Crippen LogP contribution in [0.4, 0.5) is 0 Å². The van der Waals surface area contributed by atoms with E-state index in [4.69, 9.17) is 12.2 Å². The number of hydrogen-bond donors (Lipinski definition) is 1. The van der Waals surface area contributed by atoms with Gasteiger partial charge in [0.15, 0.2) is 0 Å². The van der Waals surface area contributed by atoms with Crippen molar-refractivity contribution in [3.8, 4) is 12.3 Å². The highest BCUT2D eigenvalue weighted by atomic mass is 14.6. The zero-order chi connectivity index (χ0) is 20.9. The molecule has 27 heavy (non-hydrogen) atoms. The average molecular weight is 360 g/mol. The summed E-state index contributed by atoms with van der Waals surface area (Å²) in [6.07, 6.45) is 7.63. The van der Waals surface area contributed by atoms with Gasteiger partial charge in [-0.25, -0.2) is 0 Å². The third-order valence-corrected chi connectivity index (χ3v) is 4.93. The summed E-state index contributed by atoms with van der Waals surface area (Å²) in [5.41, 5.74) is 17.1. The molecule has 0 aliphatic rings. The lowest BCUT2D eigenvalue weighted by molar-refractivity contribution is 0.887. The Balaban J connectivity index is 4.02. The highest BCUT2D eigenvalue weighted by Gasteiger charge is 2.27. The molecule has 1 nitrogen and oxygen atoms in total. The van der Waals surface area contributed by atoms with Gasteiger partial charge in [-0.05, 0) is 88.4 Å². The summed E-state index contributed by atoms with van der Waals surface area (Å²) >= 11 is 0. The van der Waals surface area contributed by atoms with E-state index in [1.54, 1.807) is 0 Å². The van der Waals surface area contributed by atoms with Crippen LogP contribution in [0.15, 0.2) is 76.6 Å². The molecule has 0 aromatic heterocycles. The highest BCUT2D eigenvalue weighted by Crippen LogP contribution is 2.42. The molecule has 1 aromatic carbocycles. The van der Waals surface area contributed by atoms with Gasteiger partial charge < -0.3 is 5.73 Å². The summed E-state index contributed by atoms with van der Waals surface area (Å²) in [6.45, 7) is 23.0. The quantitative estimate of drug-likeness (QED) is 0.442. The van der Waals surface area contributed by atoms with Crippen molar-refractivity contribution in [3.05, 3.63) is 93.3 Å². The zero-order valence-corrected chi connectivity index (χ0v) is 18.0. The van der Waals surface area contributed by atoms with Crippen molar-refractivity contribution in [2.45, 2.75) is 54.4 Å². The summed E-state index contributed by atoms with van der Waals surface area (Å²) < 4.78 is 0. The number of aryl methyl sites for hydroxylation is 1. The van der Waals surface area contributed by atoms with Gasteiger partial charge in [0.05, 0.1) is 0 Å². The first-order chi connectivity index (χ1) is 12.6. The molecule has 1 aromatic rings. The average Bonchev–Trinajstić information content (AvgIpc) is 2.59. The van der Waals surface area contributed by atoms with E-state index in [0.717, 1.165) is 39.1 Å². The zero-order valence-electron chi connectivity index (χ0n) is 18.0. The van der Waals surface area contributed by atoms with Crippen molar-refractivity contribution in [3.63, 3.8) is 0 Å². The summed E-state index contributed by atoms with van der Waals surface area (Å²) in [6, 6.07) is 6.16. The van der Waals surface area contributed by atoms with Crippen molar-refractivity contribution in [1.82, 2.24) is 0 Å². The van der Waals surface area contributed by atoms with Crippen LogP contribution in [-0.4, -0.2) is 0 Å². The lowest BCUT2D eigenvalue weighted by atomic mass is 9.75. The maximum absolute atomic E-state index is 6.62. The molecule has 0 spiro atoms. The number of rotatable bonds is 6. The largest absolute Gasteiger partial charge is 0.398 e. The van der Waals surface area contributed by atoms with Gasteiger partial charge in [0.25, 0.3) is 0 Å². The van der Waals surface area contributed by atoms with Gasteiger partial charge in [0, 0.05) is 17.2 Å². The summed E-state index contributed by atoms with van der Waals surface area (Å²) in [5, 5.41) is 0. The first-order valence-electron chi connectivity index (χ1n) is 9.25. The predicted molar refractivity (Wildman–Crippen MR) is 121 cm³/mol. The third-order valence-electron chi connectivity index (χ3n) is 4.93. The second-order valence-corrected chi connectivity index (χ2v) is 7.42. The maximum atomic E-state index is 6.62. The van der Waals surface area contributed by atoms with Crippen molar-refractivity contribution in [1.29, 1.82) is 0 Å². The van der Waals surface area contributed by atoms with Gasteiger partial charge in [-0.1, -0.05) is 47.9 Å². The van der Waals surface area contributed by atoms with Crippen LogP contribution in [0.5, 0.6) is 0 Å². The fourth-order valence-corrected chi connectivity index (χ4v) is 3.51. The molecule has 0 radical (unpaired) electrons. The molecule has 1 heteroatoms. The van der Waals surface area contributed by atoms with Crippen LogP contribution < -0.4 is 5.73 Å². The Labute approximate surface area is 166 Å². The molecule has 1 rings (SSSR count). The lowest BCUT2D eigenvalue weighted by Crippen LogP contribution is -2.16. The van der Waals surface area contributed by atoms with Crippen molar-refractivity contribution >= 4 is 0 Å². The molecule has 0 aliphatic carbocycles. The minimum Gasteiger partial charge on any atom is -0.398 e. The second-order valence-electron chi connectivity index (χ2n) is 7.42. The predicted octanol–water partition coefficient (Wildman–Crippen LogP) is 6.73. The standard InChI is InChI=1S/C26H33N/c1-11-19(9)26(27)24(18(7)8)25(23(16(3)4)17(5)6)22-14-13-21(12-2)15-20(22)10/h2,11,13-15,25H,3,7,27H2,1,4-6,8-10H3/b19-11-,26-24-.